The first-order valence-corrected chi connectivity index (χ1v) is 7.74. The maximum absolute atomic E-state index is 5.39. The van der Waals surface area contributed by atoms with Crippen molar-refractivity contribution in [2.45, 2.75) is 13.0 Å². The predicted molar refractivity (Wildman–Crippen MR) is 84.1 cm³/mol. The van der Waals surface area contributed by atoms with Crippen LogP contribution in [0.1, 0.15) is 11.1 Å². The summed E-state index contributed by atoms with van der Waals surface area (Å²) in [5, 5.41) is 8.39. The fourth-order valence-electron chi connectivity index (χ4n) is 3.03. The molecule has 4 rings (SSSR count). The summed E-state index contributed by atoms with van der Waals surface area (Å²) in [5.41, 5.74) is 2.78. The van der Waals surface area contributed by atoms with Crippen LogP contribution in [0, 0.1) is 0 Å². The molecule has 0 radical (unpaired) electrons. The standard InChI is InChI=1S/C16H19N5O/c1-2-4-14-12-21(6-5-13(14)3-1)16-18-15(11-17-19-16)20-7-9-22-10-8-20/h1-4,11H,5-10,12H2. The molecule has 2 aromatic rings. The van der Waals surface area contributed by atoms with Crippen molar-refractivity contribution in [3.63, 3.8) is 0 Å². The third-order valence-corrected chi connectivity index (χ3v) is 4.28. The number of fused-ring (bicyclic) bond motifs is 1. The lowest BCUT2D eigenvalue weighted by molar-refractivity contribution is 0.122. The smallest absolute Gasteiger partial charge is 0.247 e. The molecule has 6 nitrogen and oxygen atoms in total. The molecule has 0 aliphatic carbocycles. The second kappa shape index (κ2) is 5.88. The van der Waals surface area contributed by atoms with Crippen molar-refractivity contribution in [1.29, 1.82) is 0 Å². The monoisotopic (exact) mass is 297 g/mol. The number of rotatable bonds is 2. The van der Waals surface area contributed by atoms with E-state index in [9.17, 15) is 0 Å². The van der Waals surface area contributed by atoms with E-state index in [4.69, 9.17) is 9.72 Å². The molecule has 114 valence electrons. The highest BCUT2D eigenvalue weighted by Gasteiger charge is 2.20. The van der Waals surface area contributed by atoms with Crippen molar-refractivity contribution in [2.24, 2.45) is 0 Å². The molecule has 0 unspecified atom stereocenters. The number of aromatic nitrogens is 3. The number of hydrogen-bond donors (Lipinski definition) is 0. The van der Waals surface area contributed by atoms with Crippen LogP contribution in [-0.2, 0) is 17.7 Å². The Kier molecular flexibility index (Phi) is 3.60. The van der Waals surface area contributed by atoms with Gasteiger partial charge in [-0.15, -0.1) is 5.10 Å². The third kappa shape index (κ3) is 2.62. The van der Waals surface area contributed by atoms with Gasteiger partial charge in [0.2, 0.25) is 5.95 Å². The van der Waals surface area contributed by atoms with Crippen LogP contribution in [0.25, 0.3) is 0 Å². The lowest BCUT2D eigenvalue weighted by Crippen LogP contribution is -2.37. The molecular formula is C16H19N5O. The summed E-state index contributed by atoms with van der Waals surface area (Å²) in [4.78, 5) is 9.13. The molecule has 0 N–H and O–H groups in total. The van der Waals surface area contributed by atoms with Crippen molar-refractivity contribution in [3.05, 3.63) is 41.6 Å². The van der Waals surface area contributed by atoms with Crippen LogP contribution >= 0.6 is 0 Å². The second-order valence-corrected chi connectivity index (χ2v) is 5.65. The van der Waals surface area contributed by atoms with Gasteiger partial charge in [-0.25, -0.2) is 0 Å². The predicted octanol–water partition coefficient (Wildman–Crippen LogP) is 1.27. The fourth-order valence-corrected chi connectivity index (χ4v) is 3.03. The molecule has 1 saturated heterocycles. The molecule has 22 heavy (non-hydrogen) atoms. The van der Waals surface area contributed by atoms with Crippen LogP contribution in [0.2, 0.25) is 0 Å². The summed E-state index contributed by atoms with van der Waals surface area (Å²) in [6.45, 7) is 5.00. The summed E-state index contributed by atoms with van der Waals surface area (Å²) in [6, 6.07) is 8.58. The lowest BCUT2D eigenvalue weighted by Gasteiger charge is -2.30. The van der Waals surface area contributed by atoms with Gasteiger partial charge in [-0.1, -0.05) is 24.3 Å². The van der Waals surface area contributed by atoms with Gasteiger partial charge in [0.05, 0.1) is 19.4 Å². The highest BCUT2D eigenvalue weighted by atomic mass is 16.5. The maximum atomic E-state index is 5.39. The first-order valence-electron chi connectivity index (χ1n) is 7.74. The van der Waals surface area contributed by atoms with E-state index in [0.717, 1.165) is 57.6 Å². The van der Waals surface area contributed by atoms with E-state index in [1.807, 2.05) is 0 Å². The molecule has 0 amide bonds. The minimum Gasteiger partial charge on any atom is -0.378 e. The van der Waals surface area contributed by atoms with E-state index in [1.165, 1.54) is 11.1 Å². The van der Waals surface area contributed by atoms with E-state index < -0.39 is 0 Å². The average molecular weight is 297 g/mol. The maximum Gasteiger partial charge on any atom is 0.247 e. The fraction of sp³-hybridized carbons (Fsp3) is 0.438. The first kappa shape index (κ1) is 13.5. The molecule has 1 aromatic heterocycles. The zero-order valence-electron chi connectivity index (χ0n) is 12.5. The normalized spacial score (nSPS) is 18.2. The van der Waals surface area contributed by atoms with E-state index in [1.54, 1.807) is 6.20 Å². The van der Waals surface area contributed by atoms with Crippen LogP contribution in [-0.4, -0.2) is 48.0 Å². The molecule has 1 fully saturated rings. The SMILES string of the molecule is c1ccc2c(c1)CCN(c1nncc(N3CCOCC3)n1)C2. The Morgan fingerprint density at radius 3 is 2.64 bits per heavy atom. The Hall–Kier alpha value is -2.21. The summed E-state index contributed by atoms with van der Waals surface area (Å²) < 4.78 is 5.39. The molecular weight excluding hydrogens is 278 g/mol. The van der Waals surface area contributed by atoms with Gasteiger partial charge in [0, 0.05) is 26.2 Å². The minimum atomic E-state index is 0.721. The van der Waals surface area contributed by atoms with E-state index in [0.29, 0.717) is 0 Å². The van der Waals surface area contributed by atoms with Gasteiger partial charge in [-0.3, -0.25) is 0 Å². The number of ether oxygens (including phenoxy) is 1. The number of morpholine rings is 1. The second-order valence-electron chi connectivity index (χ2n) is 5.65. The Morgan fingerprint density at radius 1 is 0.955 bits per heavy atom. The zero-order valence-corrected chi connectivity index (χ0v) is 12.5. The number of benzene rings is 1. The highest BCUT2D eigenvalue weighted by molar-refractivity contribution is 5.44. The molecule has 1 aromatic carbocycles. The first-order chi connectivity index (χ1) is 10.9. The summed E-state index contributed by atoms with van der Waals surface area (Å²) >= 11 is 0. The molecule has 3 heterocycles. The van der Waals surface area contributed by atoms with Crippen LogP contribution in [0.15, 0.2) is 30.5 Å². The molecule has 0 bridgehead atoms. The number of hydrogen-bond acceptors (Lipinski definition) is 6. The molecule has 2 aliphatic heterocycles. The topological polar surface area (TPSA) is 54.4 Å². The largest absolute Gasteiger partial charge is 0.378 e. The van der Waals surface area contributed by atoms with Crippen molar-refractivity contribution in [2.75, 3.05) is 42.6 Å². The van der Waals surface area contributed by atoms with Gasteiger partial charge in [0.15, 0.2) is 5.82 Å². The van der Waals surface area contributed by atoms with Gasteiger partial charge in [0.1, 0.15) is 0 Å². The van der Waals surface area contributed by atoms with Crippen molar-refractivity contribution < 1.29 is 4.74 Å². The Labute approximate surface area is 129 Å². The lowest BCUT2D eigenvalue weighted by atomic mass is 10.0. The van der Waals surface area contributed by atoms with Gasteiger partial charge in [-0.05, 0) is 17.5 Å². The van der Waals surface area contributed by atoms with Crippen molar-refractivity contribution in [3.8, 4) is 0 Å². The van der Waals surface area contributed by atoms with Crippen LogP contribution < -0.4 is 9.80 Å². The zero-order chi connectivity index (χ0) is 14.8. The number of nitrogens with zero attached hydrogens (tertiary/aromatic N) is 5. The van der Waals surface area contributed by atoms with Gasteiger partial charge >= 0.3 is 0 Å². The molecule has 0 spiro atoms. The molecule has 0 atom stereocenters. The summed E-state index contributed by atoms with van der Waals surface area (Å²) in [5.74, 6) is 1.62. The van der Waals surface area contributed by atoms with Gasteiger partial charge in [-0.2, -0.15) is 10.1 Å². The van der Waals surface area contributed by atoms with Crippen LogP contribution in [0.3, 0.4) is 0 Å². The quantitative estimate of drug-likeness (QED) is 0.832. The molecule has 6 heteroatoms. The van der Waals surface area contributed by atoms with Gasteiger partial charge < -0.3 is 14.5 Å². The highest BCUT2D eigenvalue weighted by Crippen LogP contribution is 2.22. The average Bonchev–Trinajstić information content (AvgIpc) is 2.62. The Balaban J connectivity index is 1.56. The van der Waals surface area contributed by atoms with Crippen molar-refractivity contribution in [1.82, 2.24) is 15.2 Å². The number of anilines is 2. The minimum absolute atomic E-state index is 0.721. The Morgan fingerprint density at radius 2 is 1.77 bits per heavy atom. The third-order valence-electron chi connectivity index (χ3n) is 4.28. The van der Waals surface area contributed by atoms with E-state index in [-0.39, 0.29) is 0 Å². The van der Waals surface area contributed by atoms with E-state index >= 15 is 0 Å². The van der Waals surface area contributed by atoms with Crippen molar-refractivity contribution >= 4 is 11.8 Å². The summed E-state index contributed by atoms with van der Waals surface area (Å²) in [6.07, 6.45) is 2.77. The van der Waals surface area contributed by atoms with Gasteiger partial charge in [0.25, 0.3) is 0 Å². The molecule has 0 saturated carbocycles. The summed E-state index contributed by atoms with van der Waals surface area (Å²) in [7, 11) is 0. The molecule has 2 aliphatic rings. The van der Waals surface area contributed by atoms with Crippen LogP contribution in [0.5, 0.6) is 0 Å². The Bertz CT molecular complexity index is 656. The van der Waals surface area contributed by atoms with Crippen LogP contribution in [0.4, 0.5) is 11.8 Å². The van der Waals surface area contributed by atoms with E-state index in [2.05, 4.69) is 44.3 Å².